The molecule has 0 unspecified atom stereocenters. The van der Waals surface area contributed by atoms with Crippen molar-refractivity contribution in [1.29, 1.82) is 0 Å². The van der Waals surface area contributed by atoms with Crippen LogP contribution in [0.15, 0.2) is 21.7 Å². The zero-order chi connectivity index (χ0) is 14.3. The molecule has 1 amide bonds. The molecule has 0 spiro atoms. The Morgan fingerprint density at radius 3 is 2.80 bits per heavy atom. The second-order valence-electron chi connectivity index (χ2n) is 5.19. The van der Waals surface area contributed by atoms with E-state index in [1.807, 2.05) is 11.8 Å². The Morgan fingerprint density at radius 1 is 1.35 bits per heavy atom. The summed E-state index contributed by atoms with van der Waals surface area (Å²) in [6.07, 6.45) is 1.84. The third-order valence-corrected chi connectivity index (χ3v) is 7.53. The van der Waals surface area contributed by atoms with Gasteiger partial charge < -0.3 is 4.90 Å². The predicted molar refractivity (Wildman–Crippen MR) is 77.0 cm³/mol. The topological polar surface area (TPSA) is 57.7 Å². The molecule has 5 nitrogen and oxygen atoms in total. The molecule has 1 aromatic rings. The molecule has 110 valence electrons. The minimum atomic E-state index is -3.40. The first-order valence-electron chi connectivity index (χ1n) is 6.90. The van der Waals surface area contributed by atoms with Crippen LogP contribution in [0.3, 0.4) is 0 Å². The molecule has 0 aliphatic carbocycles. The molecule has 0 N–H and O–H groups in total. The summed E-state index contributed by atoms with van der Waals surface area (Å²) < 4.78 is 27.3. The number of nitrogens with zero attached hydrogens (tertiary/aromatic N) is 2. The first kappa shape index (κ1) is 14.0. The molecule has 0 bridgehead atoms. The fourth-order valence-corrected chi connectivity index (χ4v) is 6.16. The Kier molecular flexibility index (Phi) is 3.60. The second-order valence-corrected chi connectivity index (χ2v) is 8.25. The zero-order valence-electron chi connectivity index (χ0n) is 11.4. The van der Waals surface area contributed by atoms with Crippen LogP contribution in [-0.2, 0) is 14.8 Å². The van der Waals surface area contributed by atoms with Crippen molar-refractivity contribution in [2.24, 2.45) is 0 Å². The molecule has 2 aliphatic rings. The first-order valence-corrected chi connectivity index (χ1v) is 9.22. The van der Waals surface area contributed by atoms with Gasteiger partial charge in [-0.15, -0.1) is 11.3 Å². The number of likely N-dealkylation sites (N-methyl/N-ethyl adjacent to an activating group) is 1. The third kappa shape index (κ3) is 2.08. The molecule has 2 atom stereocenters. The van der Waals surface area contributed by atoms with Gasteiger partial charge in [0, 0.05) is 31.6 Å². The Morgan fingerprint density at radius 2 is 2.15 bits per heavy atom. The van der Waals surface area contributed by atoms with Crippen molar-refractivity contribution in [3.63, 3.8) is 0 Å². The van der Waals surface area contributed by atoms with Crippen LogP contribution in [0.1, 0.15) is 26.2 Å². The number of piperidine rings is 1. The first-order chi connectivity index (χ1) is 9.55. The van der Waals surface area contributed by atoms with Gasteiger partial charge in [0.05, 0.1) is 0 Å². The van der Waals surface area contributed by atoms with Gasteiger partial charge >= 0.3 is 0 Å². The van der Waals surface area contributed by atoms with Crippen LogP contribution in [0, 0.1) is 0 Å². The average molecular weight is 314 g/mol. The summed E-state index contributed by atoms with van der Waals surface area (Å²) in [6, 6.07) is 3.41. The number of fused-ring (bicyclic) bond motifs is 1. The standard InChI is InChI=1S/C13H18N2O3S2/c1-2-14-10-7-8-15(11(10)5-6-12(14)16)20(17,18)13-4-3-9-19-13/h3-4,9-11H,2,5-8H2,1H3/t10-,11-/m1/s1. The highest BCUT2D eigenvalue weighted by Crippen LogP contribution is 2.35. The van der Waals surface area contributed by atoms with E-state index in [-0.39, 0.29) is 18.0 Å². The summed E-state index contributed by atoms with van der Waals surface area (Å²) in [6.45, 7) is 3.13. The maximum Gasteiger partial charge on any atom is 0.252 e. The monoisotopic (exact) mass is 314 g/mol. The normalized spacial score (nSPS) is 27.9. The summed E-state index contributed by atoms with van der Waals surface area (Å²) in [4.78, 5) is 13.8. The minimum absolute atomic E-state index is 0.0518. The van der Waals surface area contributed by atoms with Gasteiger partial charge in [-0.2, -0.15) is 4.31 Å². The van der Waals surface area contributed by atoms with E-state index in [0.29, 0.717) is 30.1 Å². The van der Waals surface area contributed by atoms with Gasteiger partial charge in [-0.05, 0) is 31.2 Å². The van der Waals surface area contributed by atoms with Crippen molar-refractivity contribution in [3.05, 3.63) is 17.5 Å². The van der Waals surface area contributed by atoms with Crippen LogP contribution in [0.5, 0.6) is 0 Å². The Balaban J connectivity index is 1.89. The number of rotatable bonds is 3. The van der Waals surface area contributed by atoms with E-state index < -0.39 is 10.0 Å². The molecule has 2 fully saturated rings. The number of amides is 1. The number of carbonyl (C=O) groups is 1. The van der Waals surface area contributed by atoms with E-state index in [1.54, 1.807) is 21.8 Å². The van der Waals surface area contributed by atoms with Gasteiger partial charge in [0.25, 0.3) is 10.0 Å². The average Bonchev–Trinajstić information content (AvgIpc) is 3.08. The molecule has 1 aromatic heterocycles. The van der Waals surface area contributed by atoms with Crippen LogP contribution in [0.2, 0.25) is 0 Å². The summed E-state index contributed by atoms with van der Waals surface area (Å²) >= 11 is 1.25. The SMILES string of the molecule is CCN1C(=O)CC[C@@H]2[C@H]1CCN2S(=O)(=O)c1cccs1. The van der Waals surface area contributed by atoms with Crippen LogP contribution in [0.25, 0.3) is 0 Å². The highest BCUT2D eigenvalue weighted by molar-refractivity contribution is 7.91. The molecule has 0 radical (unpaired) electrons. The fourth-order valence-electron chi connectivity index (χ4n) is 3.34. The predicted octanol–water partition coefficient (Wildman–Crippen LogP) is 1.52. The summed E-state index contributed by atoms with van der Waals surface area (Å²) in [5, 5.41) is 1.78. The molecule has 3 heterocycles. The highest BCUT2D eigenvalue weighted by Gasteiger charge is 2.47. The zero-order valence-corrected chi connectivity index (χ0v) is 13.0. The van der Waals surface area contributed by atoms with Gasteiger partial charge in [0.1, 0.15) is 4.21 Å². The van der Waals surface area contributed by atoms with Crippen LogP contribution >= 0.6 is 11.3 Å². The molecule has 0 aromatic carbocycles. The number of hydrogen-bond donors (Lipinski definition) is 0. The lowest BCUT2D eigenvalue weighted by atomic mass is 9.97. The lowest BCUT2D eigenvalue weighted by Crippen LogP contribution is -2.52. The van der Waals surface area contributed by atoms with Crippen LogP contribution in [0.4, 0.5) is 0 Å². The lowest BCUT2D eigenvalue weighted by Gasteiger charge is -2.38. The summed E-state index contributed by atoms with van der Waals surface area (Å²) in [5.74, 6) is 0.157. The number of thiophene rings is 1. The fraction of sp³-hybridized carbons (Fsp3) is 0.615. The number of carbonyl (C=O) groups excluding carboxylic acids is 1. The van der Waals surface area contributed by atoms with Gasteiger partial charge in [-0.25, -0.2) is 8.42 Å². The number of likely N-dealkylation sites (tertiary alicyclic amines) is 1. The van der Waals surface area contributed by atoms with E-state index in [9.17, 15) is 13.2 Å². The van der Waals surface area contributed by atoms with Crippen LogP contribution in [-0.4, -0.2) is 48.7 Å². The van der Waals surface area contributed by atoms with Crippen molar-refractivity contribution in [3.8, 4) is 0 Å². The van der Waals surface area contributed by atoms with E-state index in [0.717, 1.165) is 6.42 Å². The Hall–Kier alpha value is -0.920. The summed E-state index contributed by atoms with van der Waals surface area (Å²) in [7, 11) is -3.40. The number of hydrogen-bond acceptors (Lipinski definition) is 4. The van der Waals surface area contributed by atoms with E-state index in [2.05, 4.69) is 0 Å². The van der Waals surface area contributed by atoms with Crippen molar-refractivity contribution in [2.75, 3.05) is 13.1 Å². The second kappa shape index (κ2) is 5.13. The molecular formula is C13H18N2O3S2. The molecule has 7 heteroatoms. The van der Waals surface area contributed by atoms with Gasteiger partial charge in [-0.1, -0.05) is 6.07 Å². The van der Waals surface area contributed by atoms with Crippen molar-refractivity contribution >= 4 is 27.3 Å². The van der Waals surface area contributed by atoms with Crippen molar-refractivity contribution < 1.29 is 13.2 Å². The largest absolute Gasteiger partial charge is 0.338 e. The molecule has 2 saturated heterocycles. The van der Waals surface area contributed by atoms with E-state index in [4.69, 9.17) is 0 Å². The molecule has 3 rings (SSSR count). The maximum absolute atomic E-state index is 12.7. The third-order valence-electron chi connectivity index (χ3n) is 4.23. The molecular weight excluding hydrogens is 296 g/mol. The number of sulfonamides is 1. The summed E-state index contributed by atoms with van der Waals surface area (Å²) in [5.41, 5.74) is 0. The molecule has 0 saturated carbocycles. The molecule has 2 aliphatic heterocycles. The molecule has 20 heavy (non-hydrogen) atoms. The van der Waals surface area contributed by atoms with E-state index in [1.165, 1.54) is 11.3 Å². The van der Waals surface area contributed by atoms with Crippen LogP contribution < -0.4 is 0 Å². The quantitative estimate of drug-likeness (QED) is 0.850. The van der Waals surface area contributed by atoms with Gasteiger partial charge in [0.2, 0.25) is 5.91 Å². The van der Waals surface area contributed by atoms with Gasteiger partial charge in [-0.3, -0.25) is 4.79 Å². The minimum Gasteiger partial charge on any atom is -0.338 e. The Bertz CT molecular complexity index is 597. The van der Waals surface area contributed by atoms with Crippen molar-refractivity contribution in [2.45, 2.75) is 42.5 Å². The lowest BCUT2D eigenvalue weighted by molar-refractivity contribution is -0.136. The van der Waals surface area contributed by atoms with Gasteiger partial charge in [0.15, 0.2) is 0 Å². The maximum atomic E-state index is 12.7. The van der Waals surface area contributed by atoms with Crippen molar-refractivity contribution in [1.82, 2.24) is 9.21 Å². The highest BCUT2D eigenvalue weighted by atomic mass is 32.2. The van der Waals surface area contributed by atoms with E-state index >= 15 is 0 Å². The smallest absolute Gasteiger partial charge is 0.252 e. The Labute approximate surface area is 123 Å².